The van der Waals surface area contributed by atoms with Crippen molar-refractivity contribution in [1.29, 1.82) is 0 Å². The molecule has 0 N–H and O–H groups in total. The SMILES string of the molecule is C=CCN(C/C=C/CCC=C(C)C)S(=O)(=O)c1ccc(C=C)cc1. The van der Waals surface area contributed by atoms with Crippen LogP contribution in [0.25, 0.3) is 6.08 Å². The third kappa shape index (κ3) is 6.30. The first-order valence-corrected chi connectivity index (χ1v) is 9.47. The first-order chi connectivity index (χ1) is 11.4. The van der Waals surface area contributed by atoms with E-state index in [4.69, 9.17) is 0 Å². The molecule has 0 spiro atoms. The minimum absolute atomic E-state index is 0.282. The highest BCUT2D eigenvalue weighted by atomic mass is 32.2. The lowest BCUT2D eigenvalue weighted by atomic mass is 10.2. The number of hydrogen-bond acceptors (Lipinski definition) is 2. The third-order valence-electron chi connectivity index (χ3n) is 3.45. The lowest BCUT2D eigenvalue weighted by Crippen LogP contribution is -2.31. The normalized spacial score (nSPS) is 11.6. The quantitative estimate of drug-likeness (QED) is 0.451. The molecule has 130 valence electrons. The van der Waals surface area contributed by atoms with Crippen molar-refractivity contribution in [2.75, 3.05) is 13.1 Å². The molecule has 0 heterocycles. The van der Waals surface area contributed by atoms with Crippen LogP contribution in [0.5, 0.6) is 0 Å². The van der Waals surface area contributed by atoms with Crippen LogP contribution in [0.3, 0.4) is 0 Å². The average Bonchev–Trinajstić information content (AvgIpc) is 2.56. The Kier molecular flexibility index (Phi) is 8.44. The number of nitrogens with zero attached hydrogens (tertiary/aromatic N) is 1. The van der Waals surface area contributed by atoms with Crippen molar-refractivity contribution in [1.82, 2.24) is 4.31 Å². The summed E-state index contributed by atoms with van der Waals surface area (Å²) in [5, 5.41) is 0. The van der Waals surface area contributed by atoms with E-state index in [-0.39, 0.29) is 11.4 Å². The number of hydrogen-bond donors (Lipinski definition) is 0. The van der Waals surface area contributed by atoms with Gasteiger partial charge < -0.3 is 0 Å². The molecule has 24 heavy (non-hydrogen) atoms. The Bertz CT molecular complexity index is 694. The van der Waals surface area contributed by atoms with E-state index >= 15 is 0 Å². The zero-order valence-electron chi connectivity index (χ0n) is 14.6. The van der Waals surface area contributed by atoms with E-state index in [9.17, 15) is 8.42 Å². The number of unbranched alkanes of at least 4 members (excludes halogenated alkanes) is 1. The van der Waals surface area contributed by atoms with Gasteiger partial charge in [0.2, 0.25) is 10.0 Å². The van der Waals surface area contributed by atoms with Gasteiger partial charge in [0.15, 0.2) is 0 Å². The van der Waals surface area contributed by atoms with Crippen molar-refractivity contribution in [2.45, 2.75) is 31.6 Å². The van der Waals surface area contributed by atoms with Crippen LogP contribution < -0.4 is 0 Å². The smallest absolute Gasteiger partial charge is 0.207 e. The minimum atomic E-state index is -3.53. The van der Waals surface area contributed by atoms with Crippen LogP contribution in [0.1, 0.15) is 32.3 Å². The van der Waals surface area contributed by atoms with Gasteiger partial charge in [0, 0.05) is 13.1 Å². The van der Waals surface area contributed by atoms with Crippen LogP contribution in [-0.2, 0) is 10.0 Å². The molecule has 1 rings (SSSR count). The molecule has 0 aliphatic heterocycles. The molecule has 0 radical (unpaired) electrons. The summed E-state index contributed by atoms with van der Waals surface area (Å²) in [6.07, 6.45) is 11.3. The molecule has 1 aromatic carbocycles. The Morgan fingerprint density at radius 2 is 1.71 bits per heavy atom. The largest absolute Gasteiger partial charge is 0.243 e. The molecular formula is C20H27NO2S. The van der Waals surface area contributed by atoms with E-state index in [0.29, 0.717) is 6.54 Å². The van der Waals surface area contributed by atoms with Crippen LogP contribution in [-0.4, -0.2) is 25.8 Å². The van der Waals surface area contributed by atoms with E-state index in [1.165, 1.54) is 9.88 Å². The van der Waals surface area contributed by atoms with Gasteiger partial charge in [-0.05, 0) is 44.4 Å². The molecule has 3 nitrogen and oxygen atoms in total. The number of rotatable bonds is 10. The first kappa shape index (κ1) is 20.1. The maximum Gasteiger partial charge on any atom is 0.243 e. The zero-order chi connectivity index (χ0) is 18.0. The molecule has 0 unspecified atom stereocenters. The van der Waals surface area contributed by atoms with Crippen molar-refractivity contribution in [2.24, 2.45) is 0 Å². The molecule has 0 aliphatic carbocycles. The number of sulfonamides is 1. The van der Waals surface area contributed by atoms with Gasteiger partial charge in [0.05, 0.1) is 4.90 Å². The van der Waals surface area contributed by atoms with E-state index in [1.54, 1.807) is 36.4 Å². The highest BCUT2D eigenvalue weighted by Crippen LogP contribution is 2.17. The van der Waals surface area contributed by atoms with Crippen molar-refractivity contribution >= 4 is 16.1 Å². The van der Waals surface area contributed by atoms with Gasteiger partial charge in [0.1, 0.15) is 0 Å². The van der Waals surface area contributed by atoms with Crippen molar-refractivity contribution in [3.63, 3.8) is 0 Å². The Morgan fingerprint density at radius 3 is 2.25 bits per heavy atom. The van der Waals surface area contributed by atoms with Gasteiger partial charge in [-0.2, -0.15) is 4.31 Å². The maximum atomic E-state index is 12.7. The van der Waals surface area contributed by atoms with Crippen molar-refractivity contribution in [3.8, 4) is 0 Å². The Balaban J connectivity index is 2.81. The van der Waals surface area contributed by atoms with E-state index in [2.05, 4.69) is 33.1 Å². The Labute approximate surface area is 146 Å². The minimum Gasteiger partial charge on any atom is -0.207 e. The van der Waals surface area contributed by atoms with Gasteiger partial charge in [0.25, 0.3) is 0 Å². The molecule has 0 aliphatic rings. The predicted molar refractivity (Wildman–Crippen MR) is 103 cm³/mol. The monoisotopic (exact) mass is 345 g/mol. The molecule has 0 bridgehead atoms. The van der Waals surface area contributed by atoms with Crippen LogP contribution in [0.15, 0.2) is 72.2 Å². The van der Waals surface area contributed by atoms with Crippen LogP contribution in [0.4, 0.5) is 0 Å². The molecule has 0 saturated carbocycles. The lowest BCUT2D eigenvalue weighted by Gasteiger charge is -2.19. The molecular weight excluding hydrogens is 318 g/mol. The van der Waals surface area contributed by atoms with Gasteiger partial charge in [-0.15, -0.1) is 6.58 Å². The fourth-order valence-electron chi connectivity index (χ4n) is 2.12. The van der Waals surface area contributed by atoms with Crippen LogP contribution >= 0.6 is 0 Å². The third-order valence-corrected chi connectivity index (χ3v) is 5.29. The summed E-state index contributed by atoms with van der Waals surface area (Å²) >= 11 is 0. The van der Waals surface area contributed by atoms with Gasteiger partial charge >= 0.3 is 0 Å². The van der Waals surface area contributed by atoms with Gasteiger partial charge in [-0.25, -0.2) is 8.42 Å². The summed E-state index contributed by atoms with van der Waals surface area (Å²) in [6, 6.07) is 6.73. The average molecular weight is 346 g/mol. The second kappa shape index (κ2) is 10.1. The number of allylic oxidation sites excluding steroid dienone is 3. The topological polar surface area (TPSA) is 37.4 Å². The molecule has 0 aromatic heterocycles. The van der Waals surface area contributed by atoms with Crippen molar-refractivity contribution in [3.05, 3.63) is 72.9 Å². The highest BCUT2D eigenvalue weighted by molar-refractivity contribution is 7.89. The molecule has 0 fully saturated rings. The molecule has 4 heteroatoms. The summed E-state index contributed by atoms with van der Waals surface area (Å²) in [5.41, 5.74) is 2.19. The zero-order valence-corrected chi connectivity index (χ0v) is 15.4. The molecule has 0 amide bonds. The standard InChI is InChI=1S/C20H27NO2S/c1-5-16-21(17-10-8-7-9-11-18(3)4)24(22,23)20-14-12-19(6-2)13-15-20/h5-6,8,10-15H,1-2,7,9,16-17H2,3-4H3/b10-8+. The number of benzene rings is 1. The predicted octanol–water partition coefficient (Wildman–Crippen LogP) is 4.81. The van der Waals surface area contributed by atoms with Crippen LogP contribution in [0.2, 0.25) is 0 Å². The van der Waals surface area contributed by atoms with E-state index in [0.717, 1.165) is 18.4 Å². The summed E-state index contributed by atoms with van der Waals surface area (Å²) in [4.78, 5) is 0.285. The molecule has 0 saturated heterocycles. The van der Waals surface area contributed by atoms with E-state index in [1.807, 2.05) is 12.2 Å². The van der Waals surface area contributed by atoms with Crippen molar-refractivity contribution < 1.29 is 8.42 Å². The summed E-state index contributed by atoms with van der Waals surface area (Å²) < 4.78 is 26.9. The second-order valence-corrected chi connectivity index (χ2v) is 7.65. The van der Waals surface area contributed by atoms with Gasteiger partial charge in [-0.3, -0.25) is 0 Å². The fraction of sp³-hybridized carbons (Fsp3) is 0.300. The Morgan fingerprint density at radius 1 is 1.04 bits per heavy atom. The first-order valence-electron chi connectivity index (χ1n) is 8.03. The summed E-state index contributed by atoms with van der Waals surface area (Å²) in [5.74, 6) is 0. The maximum absolute atomic E-state index is 12.7. The van der Waals surface area contributed by atoms with E-state index < -0.39 is 10.0 Å². The summed E-state index contributed by atoms with van der Waals surface area (Å²) in [6.45, 7) is 12.1. The van der Waals surface area contributed by atoms with Crippen LogP contribution in [0, 0.1) is 0 Å². The van der Waals surface area contributed by atoms with Gasteiger partial charge in [-0.1, -0.05) is 54.7 Å². The lowest BCUT2D eigenvalue weighted by molar-refractivity contribution is 0.473. The fourth-order valence-corrected chi connectivity index (χ4v) is 3.48. The Hall–Kier alpha value is -1.91. The molecule has 0 atom stereocenters. The molecule has 1 aromatic rings. The second-order valence-electron chi connectivity index (χ2n) is 5.71. The summed E-state index contributed by atoms with van der Waals surface area (Å²) in [7, 11) is -3.53. The highest BCUT2D eigenvalue weighted by Gasteiger charge is 2.22.